The van der Waals surface area contributed by atoms with Crippen LogP contribution in [0.1, 0.15) is 0 Å². The number of hydrogen-bond acceptors (Lipinski definition) is 3. The second kappa shape index (κ2) is 15.7. The zero-order chi connectivity index (χ0) is 3.58. The summed E-state index contributed by atoms with van der Waals surface area (Å²) >= 11 is 0. The molecule has 0 saturated heterocycles. The first-order chi connectivity index (χ1) is 1.73. The molecule has 0 bridgehead atoms. The average molecular weight is 237 g/mol. The van der Waals surface area contributed by atoms with Crippen LogP contribution in [0, 0.1) is 0 Å². The molecule has 0 heterocycles. The summed E-state index contributed by atoms with van der Waals surface area (Å²) in [6, 6.07) is 0. The molecule has 7 N–H and O–H groups in total. The third kappa shape index (κ3) is 107. The van der Waals surface area contributed by atoms with Crippen LogP contribution in [0.25, 0.3) is 0 Å². The maximum absolute atomic E-state index is 7.17. The Hall–Kier alpha value is 1.44. The molecule has 7 heavy (non-hydrogen) atoms. The molecule has 0 aromatic carbocycles. The monoisotopic (exact) mass is 238 g/mol. The number of rotatable bonds is 0. The van der Waals surface area contributed by atoms with Gasteiger partial charge in [0, 0.05) is 0 Å². The molecule has 0 radical (unpaired) electrons. The van der Waals surface area contributed by atoms with E-state index in [2.05, 4.69) is 0 Å². The molecule has 0 atom stereocenters. The minimum atomic E-state index is -2.17. The first-order valence-corrected chi connectivity index (χ1v) is 0.775. The zero-order valence-corrected chi connectivity index (χ0v) is 2.92. The van der Waals surface area contributed by atoms with Crippen molar-refractivity contribution in [3.63, 3.8) is 0 Å². The Morgan fingerprint density at radius 2 is 0.857 bits per heavy atom. The molecular formula is H9BBaO5. The van der Waals surface area contributed by atoms with Crippen molar-refractivity contribution in [3.8, 4) is 0 Å². The van der Waals surface area contributed by atoms with E-state index in [4.69, 9.17) is 15.1 Å². The average Bonchev–Trinajstić information content (AvgIpc) is 0.811. The molecule has 0 rings (SSSR count). The van der Waals surface area contributed by atoms with Crippen LogP contribution in [0.15, 0.2) is 0 Å². The van der Waals surface area contributed by atoms with Crippen LogP contribution < -0.4 is 0 Å². The molecular weight excluding hydrogens is 228 g/mol. The Balaban J connectivity index is -0.0000000150. The molecule has 0 amide bonds. The van der Waals surface area contributed by atoms with E-state index in [9.17, 15) is 0 Å². The van der Waals surface area contributed by atoms with Crippen LogP contribution in [0.4, 0.5) is 0 Å². The first-order valence-electron chi connectivity index (χ1n) is 0.775. The van der Waals surface area contributed by atoms with Crippen molar-refractivity contribution in [3.05, 3.63) is 0 Å². The van der Waals surface area contributed by atoms with Crippen LogP contribution in [0.3, 0.4) is 0 Å². The molecule has 0 aliphatic carbocycles. The van der Waals surface area contributed by atoms with Gasteiger partial charge in [-0.3, -0.25) is 0 Å². The van der Waals surface area contributed by atoms with Gasteiger partial charge >= 0.3 is 56.2 Å². The Morgan fingerprint density at radius 3 is 0.857 bits per heavy atom. The molecule has 7 heteroatoms. The van der Waals surface area contributed by atoms with Gasteiger partial charge in [-0.1, -0.05) is 0 Å². The van der Waals surface area contributed by atoms with Gasteiger partial charge in [0.1, 0.15) is 0 Å². The summed E-state index contributed by atoms with van der Waals surface area (Å²) in [5, 5.41) is 21.5. The van der Waals surface area contributed by atoms with Gasteiger partial charge in [0.15, 0.2) is 0 Å². The molecule has 0 unspecified atom stereocenters. The van der Waals surface area contributed by atoms with Gasteiger partial charge in [-0.25, -0.2) is 0 Å². The second-order valence-electron chi connectivity index (χ2n) is 0.346. The van der Waals surface area contributed by atoms with E-state index >= 15 is 0 Å². The molecule has 5 nitrogen and oxygen atoms in total. The van der Waals surface area contributed by atoms with Gasteiger partial charge < -0.3 is 26.0 Å². The predicted molar refractivity (Wildman–Crippen MR) is 28.2 cm³/mol. The summed E-state index contributed by atoms with van der Waals surface area (Å²) in [6.07, 6.45) is 0. The van der Waals surface area contributed by atoms with Gasteiger partial charge in [0.25, 0.3) is 0 Å². The topological polar surface area (TPSA) is 124 Å². The van der Waals surface area contributed by atoms with Crippen LogP contribution in [0.5, 0.6) is 0 Å². The van der Waals surface area contributed by atoms with E-state index in [1.807, 2.05) is 0 Å². The quantitative estimate of drug-likeness (QED) is 0.367. The van der Waals surface area contributed by atoms with Crippen LogP contribution in [-0.4, -0.2) is 82.2 Å². The number of hydrogen-bond donors (Lipinski definition) is 3. The summed E-state index contributed by atoms with van der Waals surface area (Å²) in [4.78, 5) is 0. The van der Waals surface area contributed by atoms with Crippen LogP contribution >= 0.6 is 0 Å². The van der Waals surface area contributed by atoms with Gasteiger partial charge in [-0.2, -0.15) is 0 Å². The molecule has 0 aliphatic heterocycles. The standard InChI is InChI=1S/BH3O3.Ba.2H2O.2H/c2-1(3)4;;;;;/h2-4H;;2*1H2;;. The molecule has 44 valence electrons. The zero-order valence-electron chi connectivity index (χ0n) is 2.92. The van der Waals surface area contributed by atoms with Crippen molar-refractivity contribution < 1.29 is 26.0 Å². The van der Waals surface area contributed by atoms with Gasteiger partial charge in [0.05, 0.1) is 0 Å². The SMILES string of the molecule is O.O.OB(O)O.[BaH2]. The van der Waals surface area contributed by atoms with Crippen molar-refractivity contribution in [2.45, 2.75) is 0 Å². The van der Waals surface area contributed by atoms with E-state index in [-0.39, 0.29) is 59.8 Å². The van der Waals surface area contributed by atoms with E-state index < -0.39 is 7.32 Å². The summed E-state index contributed by atoms with van der Waals surface area (Å²) in [5.41, 5.74) is 0. The van der Waals surface area contributed by atoms with Gasteiger partial charge in [-0.05, 0) is 0 Å². The Bertz CT molecular complexity index is 12.8. The molecule has 0 saturated carbocycles. The fourth-order valence-electron chi connectivity index (χ4n) is 0. The van der Waals surface area contributed by atoms with Crippen molar-refractivity contribution in [1.82, 2.24) is 0 Å². The summed E-state index contributed by atoms with van der Waals surface area (Å²) in [6.45, 7) is 0. The van der Waals surface area contributed by atoms with Gasteiger partial charge in [-0.15, -0.1) is 0 Å². The Morgan fingerprint density at radius 1 is 0.857 bits per heavy atom. The first kappa shape index (κ1) is 23.7. The fourth-order valence-corrected chi connectivity index (χ4v) is 0. The van der Waals surface area contributed by atoms with Crippen molar-refractivity contribution in [2.75, 3.05) is 0 Å². The minimum absolute atomic E-state index is 0. The second-order valence-corrected chi connectivity index (χ2v) is 0.346. The third-order valence-corrected chi connectivity index (χ3v) is 0. The van der Waals surface area contributed by atoms with Crippen molar-refractivity contribution >= 4 is 56.2 Å². The van der Waals surface area contributed by atoms with Crippen LogP contribution in [0.2, 0.25) is 0 Å². The van der Waals surface area contributed by atoms with Crippen molar-refractivity contribution in [2.24, 2.45) is 0 Å². The Labute approximate surface area is 81.2 Å². The molecule has 0 aromatic rings. The van der Waals surface area contributed by atoms with Crippen LogP contribution in [-0.2, 0) is 0 Å². The molecule has 0 fully saturated rings. The predicted octanol–water partition coefficient (Wildman–Crippen LogP) is -4.62. The Kier molecular flexibility index (Phi) is 53.0. The normalized spacial score (nSPS) is 3.86. The van der Waals surface area contributed by atoms with Gasteiger partial charge in [0.2, 0.25) is 0 Å². The third-order valence-electron chi connectivity index (χ3n) is 0. The van der Waals surface area contributed by atoms with E-state index in [0.717, 1.165) is 0 Å². The summed E-state index contributed by atoms with van der Waals surface area (Å²) in [7, 11) is -2.17. The molecule has 0 aromatic heterocycles. The molecule has 0 aliphatic rings. The van der Waals surface area contributed by atoms with E-state index in [1.165, 1.54) is 0 Å². The maximum atomic E-state index is 7.17. The van der Waals surface area contributed by atoms with Crippen molar-refractivity contribution in [1.29, 1.82) is 0 Å². The van der Waals surface area contributed by atoms with E-state index in [1.54, 1.807) is 0 Å². The summed E-state index contributed by atoms with van der Waals surface area (Å²) < 4.78 is 0. The fraction of sp³-hybridized carbons (Fsp3) is 0. The summed E-state index contributed by atoms with van der Waals surface area (Å²) in [5.74, 6) is 0. The van der Waals surface area contributed by atoms with E-state index in [0.29, 0.717) is 0 Å². The molecule has 0 spiro atoms.